The van der Waals surface area contributed by atoms with Gasteiger partial charge < -0.3 is 47.0 Å². The van der Waals surface area contributed by atoms with Crippen LogP contribution in [0.2, 0.25) is 0 Å². The Morgan fingerprint density at radius 1 is 0.750 bits per heavy atom. The highest BCUT2D eigenvalue weighted by atomic mass is 31.2. The topological polar surface area (TPSA) is 196 Å². The molecule has 460 valence electrons. The maximum atomic E-state index is 14.4. The highest BCUT2D eigenvalue weighted by molar-refractivity contribution is 7.45. The number of hydrogen-bond donors (Lipinski definition) is 0. The van der Waals surface area contributed by atoms with Gasteiger partial charge in [-0.1, -0.05) is 134 Å². The van der Waals surface area contributed by atoms with Crippen molar-refractivity contribution in [3.05, 3.63) is 92.3 Å². The van der Waals surface area contributed by atoms with Gasteiger partial charge in [-0.05, 0) is 112 Å². The first-order valence-corrected chi connectivity index (χ1v) is 33.3. The molecule has 2 atom stereocenters. The second kappa shape index (κ2) is 30.9. The first-order chi connectivity index (χ1) is 40.5. The highest BCUT2D eigenvalue weighted by Crippen LogP contribution is 2.43. The number of amides is 1. The van der Waals surface area contributed by atoms with Gasteiger partial charge in [0.25, 0.3) is 13.4 Å². The fraction of sp³-hybridized carbons (Fsp3) is 0.636. The molecule has 0 aliphatic carbocycles. The Morgan fingerprint density at radius 3 is 1.98 bits per heavy atom. The van der Waals surface area contributed by atoms with Crippen LogP contribution in [-0.4, -0.2) is 121 Å². The van der Waals surface area contributed by atoms with E-state index in [1.54, 1.807) is 28.5 Å². The van der Waals surface area contributed by atoms with E-state index in [-0.39, 0.29) is 67.8 Å². The van der Waals surface area contributed by atoms with Crippen LogP contribution in [0, 0.1) is 0 Å². The van der Waals surface area contributed by atoms with Crippen molar-refractivity contribution in [3.8, 4) is 17.1 Å². The summed E-state index contributed by atoms with van der Waals surface area (Å²) in [5.74, 6) is -1.58. The number of ether oxygens (including phenoxy) is 3. The van der Waals surface area contributed by atoms with Crippen molar-refractivity contribution < 1.29 is 56.4 Å². The Kier molecular flexibility index (Phi) is 23.8. The minimum atomic E-state index is -4.21. The molecular formula is C66H94N5O12P. The van der Waals surface area contributed by atoms with Crippen LogP contribution in [0.4, 0.5) is 4.79 Å². The Morgan fingerprint density at radius 2 is 1.36 bits per heavy atom. The van der Waals surface area contributed by atoms with Crippen LogP contribution in [0.1, 0.15) is 195 Å². The third-order valence-electron chi connectivity index (χ3n) is 17.6. The molecule has 4 aromatic rings. The summed E-state index contributed by atoms with van der Waals surface area (Å²) in [7, 11) is 1.75. The van der Waals surface area contributed by atoms with Gasteiger partial charge in [-0.25, -0.2) is 14.6 Å². The monoisotopic (exact) mass is 1180 g/mol. The summed E-state index contributed by atoms with van der Waals surface area (Å²) in [6, 6.07) is 15.6. The van der Waals surface area contributed by atoms with Gasteiger partial charge in [-0.3, -0.25) is 18.9 Å². The van der Waals surface area contributed by atoms with Gasteiger partial charge in [0, 0.05) is 42.1 Å². The molecule has 0 radical (unpaired) electrons. The van der Waals surface area contributed by atoms with Crippen molar-refractivity contribution in [1.29, 1.82) is 0 Å². The fourth-order valence-corrected chi connectivity index (χ4v) is 13.4. The van der Waals surface area contributed by atoms with Crippen LogP contribution in [0.25, 0.3) is 22.3 Å². The van der Waals surface area contributed by atoms with E-state index in [2.05, 4.69) is 4.90 Å². The van der Waals surface area contributed by atoms with Gasteiger partial charge in [0.15, 0.2) is 0 Å². The largest absolute Gasteiger partial charge is 0.756 e. The minimum Gasteiger partial charge on any atom is -0.756 e. The number of aryl methyl sites for hydroxylation is 2. The number of unbranched alkanes of at least 4 members (excludes halogenated alkanes) is 15. The lowest BCUT2D eigenvalue weighted by Gasteiger charge is -2.39. The average Bonchev–Trinajstić information content (AvgIpc) is 1.49. The maximum absolute atomic E-state index is 14.4. The molecule has 1 amide bonds. The van der Waals surface area contributed by atoms with Gasteiger partial charge in [0.1, 0.15) is 37.7 Å². The number of Topliss-reactive ketones (excluding diaryl/α,β-unsaturated/α-hetero) is 1. The summed E-state index contributed by atoms with van der Waals surface area (Å²) in [5.41, 5.74) is 3.74. The number of nitrogens with zero attached hydrogens (tertiary/aromatic N) is 5. The number of ketones is 1. The summed E-state index contributed by atoms with van der Waals surface area (Å²) < 4.78 is 41.7. The van der Waals surface area contributed by atoms with E-state index in [9.17, 15) is 33.4 Å². The van der Waals surface area contributed by atoms with Crippen molar-refractivity contribution in [2.24, 2.45) is 0 Å². The SMILES string of the molecule is CCc1c2c(nc3ccc(OC(=O)N4CCC(N5CCCCC5)CC4)cc13)-c1cc3c(c(=O)n1C2)COC(=O)[C@@]3(CC)OC(=O)CC(=O)Cc1ccc(CCCCCCCCCCCCCCCCCCOP(=O)([O-])OCC[N+](C)(C)C)cc1. The average molecular weight is 1180 g/mol. The molecule has 2 aromatic heterocycles. The molecule has 0 N–H and O–H groups in total. The Balaban J connectivity index is 0.728. The highest BCUT2D eigenvalue weighted by Gasteiger charge is 2.50. The molecule has 0 saturated carbocycles. The number of likely N-dealkylation sites (tertiary alicyclic amines) is 2. The molecule has 18 heteroatoms. The number of piperidine rings is 2. The number of aromatic nitrogens is 2. The lowest BCUT2D eigenvalue weighted by molar-refractivity contribution is -0.870. The first-order valence-electron chi connectivity index (χ1n) is 31.8. The van der Waals surface area contributed by atoms with Crippen LogP contribution in [0.15, 0.2) is 53.3 Å². The Labute approximate surface area is 498 Å². The van der Waals surface area contributed by atoms with Crippen LogP contribution in [0.3, 0.4) is 0 Å². The molecule has 1 unspecified atom stereocenters. The van der Waals surface area contributed by atoms with E-state index in [0.717, 1.165) is 80.1 Å². The number of carbonyl (C=O) groups is 4. The number of phosphoric ester groups is 1. The third-order valence-corrected chi connectivity index (χ3v) is 18.6. The molecule has 0 spiro atoms. The van der Waals surface area contributed by atoms with Crippen molar-refractivity contribution in [2.45, 2.75) is 206 Å². The van der Waals surface area contributed by atoms with Crippen LogP contribution >= 0.6 is 7.82 Å². The molecule has 2 aromatic carbocycles. The number of quaternary nitrogens is 1. The number of fused-ring (bicyclic) bond motifs is 5. The number of cyclic esters (lactones) is 1. The number of rotatable bonds is 33. The van der Waals surface area contributed by atoms with E-state index >= 15 is 0 Å². The molecule has 17 nitrogen and oxygen atoms in total. The van der Waals surface area contributed by atoms with Gasteiger partial charge >= 0.3 is 18.0 Å². The van der Waals surface area contributed by atoms with E-state index in [1.165, 1.54) is 102 Å². The number of hydrogen-bond acceptors (Lipinski definition) is 14. The first kappa shape index (κ1) is 64.7. The zero-order chi connectivity index (χ0) is 59.7. The van der Waals surface area contributed by atoms with Crippen molar-refractivity contribution in [3.63, 3.8) is 0 Å². The fourth-order valence-electron chi connectivity index (χ4n) is 12.7. The van der Waals surface area contributed by atoms with Gasteiger partial charge in [0.05, 0.1) is 56.8 Å². The molecule has 0 bridgehead atoms. The van der Waals surface area contributed by atoms with E-state index < -0.39 is 31.8 Å². The number of benzene rings is 2. The second-order valence-corrected chi connectivity index (χ2v) is 26.3. The van der Waals surface area contributed by atoms with Crippen molar-refractivity contribution in [2.75, 3.05) is 67.1 Å². The van der Waals surface area contributed by atoms with Gasteiger partial charge in [0.2, 0.25) is 5.60 Å². The second-order valence-electron chi connectivity index (χ2n) is 24.9. The molecule has 4 aliphatic heterocycles. The predicted molar refractivity (Wildman–Crippen MR) is 324 cm³/mol. The van der Waals surface area contributed by atoms with E-state index in [0.29, 0.717) is 59.2 Å². The molecular weight excluding hydrogens is 1090 g/mol. The van der Waals surface area contributed by atoms with Crippen LogP contribution < -0.4 is 15.2 Å². The predicted octanol–water partition coefficient (Wildman–Crippen LogP) is 11.8. The number of carbonyl (C=O) groups excluding carboxylic acids is 4. The maximum Gasteiger partial charge on any atom is 0.415 e. The lowest BCUT2D eigenvalue weighted by Crippen LogP contribution is -2.48. The summed E-state index contributed by atoms with van der Waals surface area (Å²) in [6.07, 6.45) is 25.3. The quantitative estimate of drug-likeness (QED) is 0.0126. The number of pyridine rings is 2. The molecule has 8 rings (SSSR count). The van der Waals surface area contributed by atoms with Crippen molar-refractivity contribution in [1.82, 2.24) is 19.4 Å². The Hall–Kier alpha value is -5.29. The van der Waals surface area contributed by atoms with Crippen molar-refractivity contribution >= 4 is 42.5 Å². The standard InChI is InChI=1S/C66H94N5O12P/c1-6-54-55-45-53(82-65(76)69-38-34-51(35-39-69)68-36-24-22-25-37-68)32-33-59(55)67-62-56(54)47-70-60(62)46-58-57(63(70)74)48-79-64(75)66(58,7-2)83-61(73)44-52(72)43-50-30-28-49(29-31-50)27-23-20-18-16-14-12-10-8-9-11-13-15-17-19-21-26-41-80-84(77,78)81-42-40-71(3,4)5/h28-33,45-46,51H,6-27,34-44,47-48H2,1-5H3/t66-/m0/s1. The summed E-state index contributed by atoms with van der Waals surface area (Å²) in [5, 5.41) is 0.826. The number of phosphoric acid groups is 1. The minimum absolute atomic E-state index is 0.0161. The van der Waals surface area contributed by atoms with Gasteiger partial charge in [-0.15, -0.1) is 0 Å². The normalized spacial score (nSPS) is 18.0. The zero-order valence-corrected chi connectivity index (χ0v) is 51.9. The van der Waals surface area contributed by atoms with Crippen LogP contribution in [-0.2, 0) is 75.5 Å². The summed E-state index contributed by atoms with van der Waals surface area (Å²) in [4.78, 5) is 90.0. The summed E-state index contributed by atoms with van der Waals surface area (Å²) >= 11 is 0. The molecule has 4 aliphatic rings. The van der Waals surface area contributed by atoms with Crippen LogP contribution in [0.5, 0.6) is 5.75 Å². The lowest BCUT2D eigenvalue weighted by atomic mass is 9.85. The molecule has 2 saturated heterocycles. The van der Waals surface area contributed by atoms with Gasteiger partial charge in [-0.2, -0.15) is 0 Å². The summed E-state index contributed by atoms with van der Waals surface area (Å²) in [6.45, 7) is 8.22. The zero-order valence-electron chi connectivity index (χ0n) is 51.0. The molecule has 84 heavy (non-hydrogen) atoms. The molecule has 2 fully saturated rings. The Bertz CT molecular complexity index is 2980. The molecule has 6 heterocycles. The number of likely N-dealkylation sites (N-methyl/N-ethyl adjacent to an activating group) is 1. The number of esters is 2. The third kappa shape index (κ3) is 17.7. The van der Waals surface area contributed by atoms with E-state index in [4.69, 9.17) is 28.2 Å². The van der Waals surface area contributed by atoms with E-state index in [1.807, 2.05) is 64.5 Å². The smallest absolute Gasteiger partial charge is 0.415 e.